The maximum Gasteiger partial charge on any atom is 0.416 e. The zero-order valence-corrected chi connectivity index (χ0v) is 18.3. The van der Waals surface area contributed by atoms with Crippen molar-refractivity contribution in [3.63, 3.8) is 0 Å². The normalized spacial score (nSPS) is 20.0. The van der Waals surface area contributed by atoms with E-state index in [9.17, 15) is 13.2 Å². The third-order valence-corrected chi connectivity index (χ3v) is 5.30. The second-order valence-electron chi connectivity index (χ2n) is 7.57. The van der Waals surface area contributed by atoms with Gasteiger partial charge in [0, 0.05) is 12.6 Å². The Hall–Kier alpha value is -1.81. The zero-order chi connectivity index (χ0) is 21.9. The van der Waals surface area contributed by atoms with E-state index in [1.54, 1.807) is 6.08 Å². The molecule has 0 radical (unpaired) electrons. The molecule has 0 spiro atoms. The number of nitrogens with one attached hydrogen (secondary N) is 1. The summed E-state index contributed by atoms with van der Waals surface area (Å²) >= 11 is 0. The van der Waals surface area contributed by atoms with E-state index in [-0.39, 0.29) is 6.04 Å². The molecule has 1 N–H and O–H groups in total. The number of alkyl halides is 3. The van der Waals surface area contributed by atoms with Crippen molar-refractivity contribution in [1.29, 1.82) is 0 Å². The molecule has 0 saturated carbocycles. The smallest absolute Gasteiger partial charge is 0.307 e. The zero-order valence-electron chi connectivity index (χ0n) is 18.3. The standard InChI is InChI=1S/C25H36F3N/c1-6-9-10-13-19(4)23-14-11-15-24(20(23)5)29-18-21(12-7-2)16-17-22(8-3)25(26,27)28/h8-10,13,16-17,24,29H,3,6-7,11-12,14-15,18H2,1-2,4-5H3/b10-9+,19-13-,21-16+,22-17+. The Kier molecular flexibility index (Phi) is 11.0. The van der Waals surface area contributed by atoms with Crippen molar-refractivity contribution in [3.8, 4) is 0 Å². The van der Waals surface area contributed by atoms with Crippen LogP contribution >= 0.6 is 0 Å². The molecule has 0 heterocycles. The van der Waals surface area contributed by atoms with Gasteiger partial charge in [0.05, 0.1) is 5.57 Å². The first-order valence-electron chi connectivity index (χ1n) is 10.6. The van der Waals surface area contributed by atoms with Gasteiger partial charge in [0.2, 0.25) is 0 Å². The Morgan fingerprint density at radius 2 is 1.93 bits per heavy atom. The maximum atomic E-state index is 12.9. The molecule has 0 fully saturated rings. The fourth-order valence-corrected chi connectivity index (χ4v) is 3.61. The molecule has 0 aromatic rings. The Morgan fingerprint density at radius 1 is 1.21 bits per heavy atom. The van der Waals surface area contributed by atoms with Gasteiger partial charge < -0.3 is 5.32 Å². The van der Waals surface area contributed by atoms with Crippen molar-refractivity contribution >= 4 is 0 Å². The third-order valence-electron chi connectivity index (χ3n) is 5.30. The predicted octanol–water partition coefficient (Wildman–Crippen LogP) is 7.76. The first-order valence-corrected chi connectivity index (χ1v) is 10.6. The Labute approximate surface area is 174 Å². The van der Waals surface area contributed by atoms with Crippen LogP contribution < -0.4 is 5.32 Å². The van der Waals surface area contributed by atoms with Crippen LogP contribution in [0.1, 0.15) is 66.2 Å². The quantitative estimate of drug-likeness (QED) is 0.365. The van der Waals surface area contributed by atoms with Crippen molar-refractivity contribution in [2.75, 3.05) is 6.54 Å². The van der Waals surface area contributed by atoms with Gasteiger partial charge in [-0.05, 0) is 57.1 Å². The van der Waals surface area contributed by atoms with E-state index in [0.29, 0.717) is 6.54 Å². The van der Waals surface area contributed by atoms with Gasteiger partial charge in [0.1, 0.15) is 0 Å². The second kappa shape index (κ2) is 12.7. The van der Waals surface area contributed by atoms with Gasteiger partial charge in [-0.15, -0.1) is 0 Å². The molecule has 0 aromatic heterocycles. The molecule has 0 aliphatic heterocycles. The van der Waals surface area contributed by atoms with Crippen LogP contribution in [-0.4, -0.2) is 18.8 Å². The number of hydrogen-bond donors (Lipinski definition) is 1. The molecule has 1 rings (SSSR count). The second-order valence-corrected chi connectivity index (χ2v) is 7.57. The lowest BCUT2D eigenvalue weighted by Crippen LogP contribution is -2.34. The summed E-state index contributed by atoms with van der Waals surface area (Å²) in [5.41, 5.74) is 4.33. The number of rotatable bonds is 10. The van der Waals surface area contributed by atoms with E-state index in [1.165, 1.54) is 16.7 Å². The van der Waals surface area contributed by atoms with E-state index in [2.05, 4.69) is 50.9 Å². The topological polar surface area (TPSA) is 12.0 Å². The summed E-state index contributed by atoms with van der Waals surface area (Å²) in [6.07, 6.45) is 11.6. The van der Waals surface area contributed by atoms with Crippen molar-refractivity contribution in [2.45, 2.75) is 78.4 Å². The van der Waals surface area contributed by atoms with E-state index in [1.807, 2.05) is 6.92 Å². The van der Waals surface area contributed by atoms with E-state index in [4.69, 9.17) is 0 Å². The number of allylic oxidation sites excluding steroid dienone is 9. The van der Waals surface area contributed by atoms with E-state index < -0.39 is 11.7 Å². The molecule has 0 aromatic carbocycles. The molecular formula is C25H36F3N. The summed E-state index contributed by atoms with van der Waals surface area (Å²) in [5.74, 6) is 0. The minimum absolute atomic E-state index is 0.267. The molecule has 0 amide bonds. The van der Waals surface area contributed by atoms with Crippen LogP contribution in [0.25, 0.3) is 0 Å². The lowest BCUT2D eigenvalue weighted by Gasteiger charge is -2.28. The molecule has 1 atom stereocenters. The summed E-state index contributed by atoms with van der Waals surface area (Å²) < 4.78 is 38.7. The molecule has 1 aliphatic carbocycles. The van der Waals surface area contributed by atoms with Crippen LogP contribution in [0.3, 0.4) is 0 Å². The fraction of sp³-hybridized carbons (Fsp3) is 0.520. The van der Waals surface area contributed by atoms with Gasteiger partial charge in [-0.25, -0.2) is 0 Å². The van der Waals surface area contributed by atoms with Gasteiger partial charge in [-0.2, -0.15) is 13.2 Å². The Bertz CT molecular complexity index is 687. The molecule has 1 nitrogen and oxygen atoms in total. The monoisotopic (exact) mass is 407 g/mol. The summed E-state index contributed by atoms with van der Waals surface area (Å²) in [4.78, 5) is 0. The van der Waals surface area contributed by atoms with Crippen LogP contribution in [0.4, 0.5) is 13.2 Å². The minimum atomic E-state index is -4.36. The van der Waals surface area contributed by atoms with E-state index >= 15 is 0 Å². The van der Waals surface area contributed by atoms with Crippen molar-refractivity contribution in [1.82, 2.24) is 5.32 Å². The highest BCUT2D eigenvalue weighted by atomic mass is 19.4. The summed E-state index contributed by atoms with van der Waals surface area (Å²) in [6.45, 7) is 12.4. The molecule has 29 heavy (non-hydrogen) atoms. The van der Waals surface area contributed by atoms with Gasteiger partial charge in [-0.3, -0.25) is 0 Å². The van der Waals surface area contributed by atoms with Crippen molar-refractivity contribution < 1.29 is 13.2 Å². The van der Waals surface area contributed by atoms with Gasteiger partial charge in [0.25, 0.3) is 0 Å². The number of halogens is 3. The van der Waals surface area contributed by atoms with Crippen LogP contribution in [0, 0.1) is 0 Å². The first-order chi connectivity index (χ1) is 13.7. The van der Waals surface area contributed by atoms with Crippen LogP contribution in [0.5, 0.6) is 0 Å². The van der Waals surface area contributed by atoms with Gasteiger partial charge in [-0.1, -0.05) is 74.4 Å². The SMILES string of the molecule is C=C/C(=C\C=C(/CCC)CNC1CCCC(/C(C)=C\C=C\CC)=C1C)C(F)(F)F. The fourth-order valence-electron chi connectivity index (χ4n) is 3.61. The summed E-state index contributed by atoms with van der Waals surface area (Å²) in [7, 11) is 0. The highest BCUT2D eigenvalue weighted by molar-refractivity contribution is 5.39. The van der Waals surface area contributed by atoms with Crippen LogP contribution in [0.2, 0.25) is 0 Å². The number of hydrogen-bond acceptors (Lipinski definition) is 1. The third kappa shape index (κ3) is 8.61. The van der Waals surface area contributed by atoms with Crippen LogP contribution in [0.15, 0.2) is 70.9 Å². The van der Waals surface area contributed by atoms with Gasteiger partial charge in [0.15, 0.2) is 0 Å². The highest BCUT2D eigenvalue weighted by Crippen LogP contribution is 2.30. The average Bonchev–Trinajstić information content (AvgIpc) is 2.66. The lowest BCUT2D eigenvalue weighted by atomic mass is 9.85. The van der Waals surface area contributed by atoms with Crippen molar-refractivity contribution in [3.05, 3.63) is 70.9 Å². The van der Waals surface area contributed by atoms with Gasteiger partial charge >= 0.3 is 6.18 Å². The lowest BCUT2D eigenvalue weighted by molar-refractivity contribution is -0.0881. The highest BCUT2D eigenvalue weighted by Gasteiger charge is 2.30. The molecular weight excluding hydrogens is 371 g/mol. The molecule has 0 saturated heterocycles. The van der Waals surface area contributed by atoms with Crippen molar-refractivity contribution in [2.24, 2.45) is 0 Å². The maximum absolute atomic E-state index is 12.9. The summed E-state index contributed by atoms with van der Waals surface area (Å²) in [6, 6.07) is 0.267. The molecule has 1 unspecified atom stereocenters. The first kappa shape index (κ1) is 25.2. The Morgan fingerprint density at radius 3 is 2.52 bits per heavy atom. The largest absolute Gasteiger partial charge is 0.416 e. The molecule has 162 valence electrons. The predicted molar refractivity (Wildman–Crippen MR) is 119 cm³/mol. The summed E-state index contributed by atoms with van der Waals surface area (Å²) in [5, 5.41) is 3.58. The molecule has 1 aliphatic rings. The molecule has 0 bridgehead atoms. The average molecular weight is 408 g/mol. The van der Waals surface area contributed by atoms with Crippen LogP contribution in [-0.2, 0) is 0 Å². The minimum Gasteiger partial charge on any atom is -0.307 e. The Balaban J connectivity index is 2.94. The van der Waals surface area contributed by atoms with E-state index in [0.717, 1.165) is 56.3 Å². The molecule has 4 heteroatoms.